The van der Waals surface area contributed by atoms with Crippen molar-refractivity contribution < 1.29 is 0 Å². The third-order valence-electron chi connectivity index (χ3n) is 5.20. The van der Waals surface area contributed by atoms with Crippen LogP contribution < -0.4 is 16.0 Å². The molecule has 3 aromatic rings. The van der Waals surface area contributed by atoms with Crippen LogP contribution >= 0.6 is 0 Å². The van der Waals surface area contributed by atoms with E-state index in [2.05, 4.69) is 55.9 Å². The molecule has 0 unspecified atom stereocenters. The minimum Gasteiger partial charge on any atom is -0.368 e. The number of nitrogens with zero attached hydrogens (tertiary/aromatic N) is 4. The second kappa shape index (κ2) is 6.07. The number of hydrogen-bond donors (Lipinski definition) is 1. The summed E-state index contributed by atoms with van der Waals surface area (Å²) in [6.07, 6.45) is 4.75. The third-order valence-corrected chi connectivity index (χ3v) is 6.73. The Morgan fingerprint density at radius 1 is 1.00 bits per heavy atom. The highest BCUT2D eigenvalue weighted by Gasteiger charge is 2.26. The van der Waals surface area contributed by atoms with Crippen LogP contribution in [0.5, 0.6) is 0 Å². The molecule has 4 heterocycles. The molecule has 0 atom stereocenters. The van der Waals surface area contributed by atoms with Crippen LogP contribution in [0.3, 0.4) is 0 Å². The van der Waals surface area contributed by atoms with Crippen LogP contribution in [-0.2, 0) is 13.0 Å². The number of fused-ring (bicyclic) bond motifs is 2. The van der Waals surface area contributed by atoms with Gasteiger partial charge in [-0.3, -0.25) is 4.98 Å². The van der Waals surface area contributed by atoms with Gasteiger partial charge in [0.1, 0.15) is 9.52 Å². The van der Waals surface area contributed by atoms with Gasteiger partial charge in [-0.25, -0.2) is 9.97 Å². The molecule has 0 saturated carbocycles. The summed E-state index contributed by atoms with van der Waals surface area (Å²) in [4.78, 5) is 15.6. The molecular formula is C20H19N5Si. The quantitative estimate of drug-likeness (QED) is 0.699. The highest BCUT2D eigenvalue weighted by molar-refractivity contribution is 6.63. The maximum atomic E-state index is 5.82. The summed E-state index contributed by atoms with van der Waals surface area (Å²) in [5.41, 5.74) is 15.6. The van der Waals surface area contributed by atoms with Crippen LogP contribution in [0.15, 0.2) is 54.5 Å². The molecule has 0 fully saturated rings. The molecule has 0 spiro atoms. The summed E-state index contributed by atoms with van der Waals surface area (Å²) < 4.78 is 0. The summed E-state index contributed by atoms with van der Waals surface area (Å²) in [6.45, 7) is 1.96. The summed E-state index contributed by atoms with van der Waals surface area (Å²) in [6, 6.07) is 12.8. The lowest BCUT2D eigenvalue weighted by molar-refractivity contribution is 0.731. The average Bonchev–Trinajstić information content (AvgIpc) is 3.12. The molecule has 0 bridgehead atoms. The first-order chi connectivity index (χ1) is 12.8. The predicted octanol–water partition coefficient (Wildman–Crippen LogP) is 1.21. The Morgan fingerprint density at radius 2 is 1.85 bits per heavy atom. The van der Waals surface area contributed by atoms with Gasteiger partial charge in [0.05, 0.1) is 5.69 Å². The Morgan fingerprint density at radius 3 is 2.73 bits per heavy atom. The fraction of sp³-hybridized carbons (Fsp3) is 0.150. The molecule has 2 aromatic heterocycles. The van der Waals surface area contributed by atoms with E-state index in [-0.39, 0.29) is 0 Å². The SMILES string of the molecule is Nc1nccc(C2=C[SiH2]c3nccc(N4CCc5ccccc5C4)c32)n1. The average molecular weight is 357 g/mol. The van der Waals surface area contributed by atoms with Crippen molar-refractivity contribution in [1.29, 1.82) is 0 Å². The molecule has 5 nitrogen and oxygen atoms in total. The van der Waals surface area contributed by atoms with E-state index in [0.717, 1.165) is 25.2 Å². The Bertz CT molecular complexity index is 1030. The van der Waals surface area contributed by atoms with Crippen molar-refractivity contribution in [3.05, 3.63) is 76.9 Å². The number of aromatic nitrogens is 3. The molecule has 0 amide bonds. The lowest BCUT2D eigenvalue weighted by Gasteiger charge is -2.32. The molecular weight excluding hydrogens is 338 g/mol. The van der Waals surface area contributed by atoms with Gasteiger partial charge in [0, 0.05) is 47.6 Å². The van der Waals surface area contributed by atoms with E-state index < -0.39 is 9.52 Å². The first-order valence-corrected chi connectivity index (χ1v) is 10.4. The van der Waals surface area contributed by atoms with Crippen molar-refractivity contribution >= 4 is 32.0 Å². The Labute approximate surface area is 154 Å². The van der Waals surface area contributed by atoms with Gasteiger partial charge >= 0.3 is 0 Å². The van der Waals surface area contributed by atoms with Gasteiger partial charge in [0.15, 0.2) is 0 Å². The van der Waals surface area contributed by atoms with Gasteiger partial charge in [-0.05, 0) is 29.7 Å². The van der Waals surface area contributed by atoms with E-state index in [1.54, 1.807) is 6.20 Å². The van der Waals surface area contributed by atoms with Gasteiger partial charge in [0.2, 0.25) is 5.95 Å². The Kier molecular flexibility index (Phi) is 3.57. The molecule has 6 heteroatoms. The van der Waals surface area contributed by atoms with Gasteiger partial charge in [-0.2, -0.15) is 0 Å². The Hall–Kier alpha value is -2.99. The van der Waals surface area contributed by atoms with Gasteiger partial charge in [-0.1, -0.05) is 30.0 Å². The molecule has 1 aromatic carbocycles. The van der Waals surface area contributed by atoms with Crippen molar-refractivity contribution in [2.24, 2.45) is 0 Å². The molecule has 0 aliphatic carbocycles. The molecule has 0 saturated heterocycles. The minimum absolute atomic E-state index is 0.316. The van der Waals surface area contributed by atoms with Crippen molar-refractivity contribution in [2.45, 2.75) is 13.0 Å². The number of rotatable bonds is 2. The first-order valence-electron chi connectivity index (χ1n) is 8.88. The Balaban J connectivity index is 1.57. The van der Waals surface area contributed by atoms with Crippen LogP contribution in [0, 0.1) is 0 Å². The summed E-state index contributed by atoms with van der Waals surface area (Å²) >= 11 is 0. The van der Waals surface area contributed by atoms with Crippen LogP contribution in [-0.4, -0.2) is 31.0 Å². The number of anilines is 2. The second-order valence-electron chi connectivity index (χ2n) is 6.71. The normalized spacial score (nSPS) is 16.3. The number of nitrogen functional groups attached to an aromatic ring is 1. The van der Waals surface area contributed by atoms with E-state index in [0.29, 0.717) is 5.95 Å². The molecule has 0 radical (unpaired) electrons. The van der Waals surface area contributed by atoms with Gasteiger partial charge in [0.25, 0.3) is 0 Å². The van der Waals surface area contributed by atoms with Crippen molar-refractivity contribution in [1.82, 2.24) is 15.0 Å². The molecule has 2 aliphatic rings. The summed E-state index contributed by atoms with van der Waals surface area (Å²) in [5, 5.41) is 1.24. The highest BCUT2D eigenvalue weighted by Crippen LogP contribution is 2.34. The number of benzene rings is 1. The number of hydrogen-bond acceptors (Lipinski definition) is 5. The molecule has 2 N–H and O–H groups in total. The standard InChI is InChI=1S/C20H19N5Si/c21-20-23-8-5-16(24-20)15-12-26-19-18(15)17(6-9-22-19)25-10-7-13-3-1-2-4-14(13)11-25/h1-6,8-9,12H,7,10-11,26H2,(H2,21,23,24). The molecule has 5 rings (SSSR count). The van der Waals surface area contributed by atoms with Crippen LogP contribution in [0.25, 0.3) is 5.57 Å². The lowest BCUT2D eigenvalue weighted by Crippen LogP contribution is -2.32. The van der Waals surface area contributed by atoms with Crippen LogP contribution in [0.4, 0.5) is 11.6 Å². The van der Waals surface area contributed by atoms with E-state index in [9.17, 15) is 0 Å². The highest BCUT2D eigenvalue weighted by atomic mass is 28.2. The fourth-order valence-corrected chi connectivity index (χ4v) is 5.56. The van der Waals surface area contributed by atoms with Crippen molar-refractivity contribution in [2.75, 3.05) is 17.2 Å². The van der Waals surface area contributed by atoms with Gasteiger partial charge < -0.3 is 10.6 Å². The number of nitrogens with two attached hydrogens (primary N) is 1. The van der Waals surface area contributed by atoms with Crippen LogP contribution in [0.1, 0.15) is 22.4 Å². The third kappa shape index (κ3) is 2.50. The van der Waals surface area contributed by atoms with Crippen LogP contribution in [0.2, 0.25) is 0 Å². The minimum atomic E-state index is -0.529. The number of pyridine rings is 1. The smallest absolute Gasteiger partial charge is 0.220 e. The predicted molar refractivity (Wildman–Crippen MR) is 107 cm³/mol. The van der Waals surface area contributed by atoms with E-state index >= 15 is 0 Å². The summed E-state index contributed by atoms with van der Waals surface area (Å²) in [7, 11) is -0.529. The zero-order valence-electron chi connectivity index (χ0n) is 14.4. The van der Waals surface area contributed by atoms with E-state index in [4.69, 9.17) is 5.73 Å². The maximum Gasteiger partial charge on any atom is 0.220 e. The largest absolute Gasteiger partial charge is 0.368 e. The topological polar surface area (TPSA) is 67.9 Å². The molecule has 2 aliphatic heterocycles. The van der Waals surface area contributed by atoms with E-state index in [1.807, 2.05) is 12.3 Å². The van der Waals surface area contributed by atoms with Crippen molar-refractivity contribution in [3.8, 4) is 0 Å². The zero-order chi connectivity index (χ0) is 17.5. The second-order valence-corrected chi connectivity index (χ2v) is 8.20. The maximum absolute atomic E-state index is 5.82. The van der Waals surface area contributed by atoms with Gasteiger partial charge in [-0.15, -0.1) is 0 Å². The monoisotopic (exact) mass is 357 g/mol. The zero-order valence-corrected chi connectivity index (χ0v) is 15.8. The lowest BCUT2D eigenvalue weighted by atomic mass is 9.97. The summed E-state index contributed by atoms with van der Waals surface area (Å²) in [5.74, 6) is 0.316. The van der Waals surface area contributed by atoms with Crippen molar-refractivity contribution in [3.63, 3.8) is 0 Å². The van der Waals surface area contributed by atoms with E-state index in [1.165, 1.54) is 33.3 Å². The first kappa shape index (κ1) is 15.3. The molecule has 26 heavy (non-hydrogen) atoms. The molecule has 128 valence electrons. The fourth-order valence-electron chi connectivity index (χ4n) is 3.96.